The smallest absolute Gasteiger partial charge is 0.312 e. The van der Waals surface area contributed by atoms with E-state index in [4.69, 9.17) is 0 Å². The number of hydrogen-bond donors (Lipinski definition) is 1. The van der Waals surface area contributed by atoms with E-state index in [1.807, 2.05) is 4.90 Å². The summed E-state index contributed by atoms with van der Waals surface area (Å²) in [5.74, 6) is 0.380. The molecular weight excluding hydrogens is 290 g/mol. The van der Waals surface area contributed by atoms with Gasteiger partial charge in [0, 0.05) is 29.8 Å². The molecule has 0 radical (unpaired) electrons. The molecule has 1 aromatic heterocycles. The Balaban J connectivity index is 2.28. The van der Waals surface area contributed by atoms with Crippen molar-refractivity contribution in [2.75, 3.05) is 18.0 Å². The van der Waals surface area contributed by atoms with E-state index in [0.29, 0.717) is 36.2 Å². The predicted molar refractivity (Wildman–Crippen MR) is 66.0 cm³/mol. The Hall–Kier alpha value is -1.21. The molecule has 0 atom stereocenters. The number of aliphatic hydroxyl groups is 1. The topological polar surface area (TPSA) is 79.5 Å². The highest BCUT2D eigenvalue weighted by molar-refractivity contribution is 9.10. The molecule has 0 aromatic carbocycles. The first kappa shape index (κ1) is 12.3. The lowest BCUT2D eigenvalue weighted by Gasteiger charge is -2.30. The predicted octanol–water partition coefficient (Wildman–Crippen LogP) is 1.71. The van der Waals surface area contributed by atoms with Gasteiger partial charge in [0.1, 0.15) is 0 Å². The van der Waals surface area contributed by atoms with Crippen LogP contribution in [0.1, 0.15) is 12.8 Å². The number of rotatable bonds is 2. The second-order valence-electron chi connectivity index (χ2n) is 3.97. The van der Waals surface area contributed by atoms with Crippen LogP contribution in [0, 0.1) is 10.1 Å². The molecule has 1 fully saturated rings. The number of aliphatic hydroxyl groups excluding tert-OH is 1. The maximum Gasteiger partial charge on any atom is 0.312 e. The molecule has 2 rings (SSSR count). The number of aromatic nitrogens is 1. The van der Waals surface area contributed by atoms with Crippen LogP contribution in [0.5, 0.6) is 0 Å². The number of hydrogen-bond acceptors (Lipinski definition) is 5. The van der Waals surface area contributed by atoms with Crippen LogP contribution in [-0.4, -0.2) is 34.2 Å². The van der Waals surface area contributed by atoms with Crippen molar-refractivity contribution >= 4 is 27.4 Å². The minimum Gasteiger partial charge on any atom is -0.393 e. The van der Waals surface area contributed by atoms with Gasteiger partial charge in [-0.15, -0.1) is 0 Å². The normalized spacial score (nSPS) is 17.2. The van der Waals surface area contributed by atoms with Crippen LogP contribution in [0.15, 0.2) is 16.7 Å². The average molecular weight is 302 g/mol. The van der Waals surface area contributed by atoms with Crippen molar-refractivity contribution in [3.63, 3.8) is 0 Å². The molecule has 1 aliphatic rings. The van der Waals surface area contributed by atoms with Crippen LogP contribution in [0.4, 0.5) is 11.5 Å². The summed E-state index contributed by atoms with van der Waals surface area (Å²) in [5.41, 5.74) is -0.00392. The molecule has 92 valence electrons. The average Bonchev–Trinajstić information content (AvgIpc) is 2.30. The Kier molecular flexibility index (Phi) is 3.58. The lowest BCUT2D eigenvalue weighted by atomic mass is 10.1. The maximum atomic E-state index is 10.9. The minimum atomic E-state index is -0.432. The fraction of sp³-hybridized carbons (Fsp3) is 0.500. The van der Waals surface area contributed by atoms with E-state index in [1.165, 1.54) is 6.07 Å². The van der Waals surface area contributed by atoms with Crippen molar-refractivity contribution in [3.05, 3.63) is 26.9 Å². The van der Waals surface area contributed by atoms with Gasteiger partial charge in [-0.3, -0.25) is 10.1 Å². The molecule has 0 aliphatic carbocycles. The SMILES string of the molecule is O=[N+]([O-])c1cc(Br)cnc1N1CCC(O)CC1. The van der Waals surface area contributed by atoms with Crippen LogP contribution in [0.3, 0.4) is 0 Å². The summed E-state index contributed by atoms with van der Waals surface area (Å²) >= 11 is 3.17. The van der Waals surface area contributed by atoms with E-state index in [0.717, 1.165) is 0 Å². The molecule has 1 aromatic rings. The van der Waals surface area contributed by atoms with E-state index in [2.05, 4.69) is 20.9 Å². The van der Waals surface area contributed by atoms with Crippen LogP contribution < -0.4 is 4.90 Å². The van der Waals surface area contributed by atoms with Gasteiger partial charge in [-0.05, 0) is 28.8 Å². The highest BCUT2D eigenvalue weighted by Crippen LogP contribution is 2.30. The summed E-state index contributed by atoms with van der Waals surface area (Å²) in [7, 11) is 0. The second kappa shape index (κ2) is 4.97. The molecule has 1 saturated heterocycles. The van der Waals surface area contributed by atoms with Crippen LogP contribution in [0.2, 0.25) is 0 Å². The van der Waals surface area contributed by atoms with Gasteiger partial charge in [-0.1, -0.05) is 0 Å². The number of anilines is 1. The van der Waals surface area contributed by atoms with Gasteiger partial charge in [0.05, 0.1) is 11.0 Å². The molecule has 0 bridgehead atoms. The lowest BCUT2D eigenvalue weighted by Crippen LogP contribution is -2.36. The van der Waals surface area contributed by atoms with Gasteiger partial charge in [-0.2, -0.15) is 0 Å². The quantitative estimate of drug-likeness (QED) is 0.664. The standard InChI is InChI=1S/C10H12BrN3O3/c11-7-5-9(14(16)17)10(12-6-7)13-3-1-8(15)2-4-13/h5-6,8,15H,1-4H2. The molecule has 0 amide bonds. The summed E-state index contributed by atoms with van der Waals surface area (Å²) in [4.78, 5) is 16.5. The molecule has 0 unspecified atom stereocenters. The molecule has 7 heteroatoms. The summed E-state index contributed by atoms with van der Waals surface area (Å²) in [6, 6.07) is 1.45. The van der Waals surface area contributed by atoms with Crippen LogP contribution in [-0.2, 0) is 0 Å². The lowest BCUT2D eigenvalue weighted by molar-refractivity contribution is -0.384. The van der Waals surface area contributed by atoms with Gasteiger partial charge < -0.3 is 10.0 Å². The Morgan fingerprint density at radius 2 is 2.18 bits per heavy atom. The number of piperidine rings is 1. The first-order valence-corrected chi connectivity index (χ1v) is 6.10. The number of nitro groups is 1. The molecule has 0 saturated carbocycles. The van der Waals surface area contributed by atoms with E-state index in [1.54, 1.807) is 6.20 Å². The molecular formula is C10H12BrN3O3. The first-order chi connectivity index (χ1) is 8.08. The highest BCUT2D eigenvalue weighted by atomic mass is 79.9. The molecule has 0 spiro atoms. The summed E-state index contributed by atoms with van der Waals surface area (Å²) in [5, 5.41) is 20.4. The Morgan fingerprint density at radius 3 is 2.76 bits per heavy atom. The third kappa shape index (κ3) is 2.73. The Bertz CT molecular complexity index is 433. The third-order valence-corrected chi connectivity index (χ3v) is 3.21. The molecule has 2 heterocycles. The number of pyridine rings is 1. The minimum absolute atomic E-state index is 0.00392. The van der Waals surface area contributed by atoms with Crippen molar-refractivity contribution in [1.29, 1.82) is 0 Å². The summed E-state index contributed by atoms with van der Waals surface area (Å²) in [6.07, 6.45) is 2.48. The van der Waals surface area contributed by atoms with Crippen LogP contribution >= 0.6 is 15.9 Å². The molecule has 1 N–H and O–H groups in total. The van der Waals surface area contributed by atoms with Crippen molar-refractivity contribution < 1.29 is 10.0 Å². The fourth-order valence-electron chi connectivity index (χ4n) is 1.88. The maximum absolute atomic E-state index is 10.9. The van der Waals surface area contributed by atoms with Crippen LogP contribution in [0.25, 0.3) is 0 Å². The van der Waals surface area contributed by atoms with Gasteiger partial charge in [0.15, 0.2) is 0 Å². The Morgan fingerprint density at radius 1 is 1.53 bits per heavy atom. The third-order valence-electron chi connectivity index (χ3n) is 2.77. The zero-order valence-electron chi connectivity index (χ0n) is 9.04. The van der Waals surface area contributed by atoms with E-state index in [9.17, 15) is 15.2 Å². The molecule has 1 aliphatic heterocycles. The zero-order valence-corrected chi connectivity index (χ0v) is 10.6. The largest absolute Gasteiger partial charge is 0.393 e. The van der Waals surface area contributed by atoms with Gasteiger partial charge >= 0.3 is 5.69 Å². The molecule has 17 heavy (non-hydrogen) atoms. The van der Waals surface area contributed by atoms with E-state index in [-0.39, 0.29) is 11.8 Å². The van der Waals surface area contributed by atoms with Crippen molar-refractivity contribution in [2.24, 2.45) is 0 Å². The summed E-state index contributed by atoms with van der Waals surface area (Å²) < 4.78 is 0.588. The van der Waals surface area contributed by atoms with E-state index < -0.39 is 4.92 Å². The molecule has 6 nitrogen and oxygen atoms in total. The van der Waals surface area contributed by atoms with Crippen molar-refractivity contribution in [1.82, 2.24) is 4.98 Å². The van der Waals surface area contributed by atoms with Gasteiger partial charge in [-0.25, -0.2) is 4.98 Å². The van der Waals surface area contributed by atoms with Gasteiger partial charge in [0.25, 0.3) is 0 Å². The van der Waals surface area contributed by atoms with Gasteiger partial charge in [0.2, 0.25) is 5.82 Å². The zero-order chi connectivity index (χ0) is 12.4. The number of halogens is 1. The second-order valence-corrected chi connectivity index (χ2v) is 4.89. The summed E-state index contributed by atoms with van der Waals surface area (Å²) in [6.45, 7) is 1.19. The van der Waals surface area contributed by atoms with Crippen molar-refractivity contribution in [2.45, 2.75) is 18.9 Å². The first-order valence-electron chi connectivity index (χ1n) is 5.31. The van der Waals surface area contributed by atoms with E-state index >= 15 is 0 Å². The highest BCUT2D eigenvalue weighted by Gasteiger charge is 2.25. The Labute approximate surface area is 107 Å². The fourth-order valence-corrected chi connectivity index (χ4v) is 2.20. The monoisotopic (exact) mass is 301 g/mol. The van der Waals surface area contributed by atoms with Crippen molar-refractivity contribution in [3.8, 4) is 0 Å². The number of nitrogens with zero attached hydrogens (tertiary/aromatic N) is 3.